The first kappa shape index (κ1) is 19.0. The number of hydrogen-bond acceptors (Lipinski definition) is 3. The van der Waals surface area contributed by atoms with E-state index in [0.717, 1.165) is 19.3 Å². The third kappa shape index (κ3) is 4.38. The summed E-state index contributed by atoms with van der Waals surface area (Å²) in [5.74, 6) is -0.682. The molecule has 6 heteroatoms. The van der Waals surface area contributed by atoms with Gasteiger partial charge in [0.1, 0.15) is 0 Å². The van der Waals surface area contributed by atoms with Gasteiger partial charge < -0.3 is 16.0 Å². The fourth-order valence-corrected chi connectivity index (χ4v) is 3.35. The maximum atomic E-state index is 12.3. The highest BCUT2D eigenvalue weighted by molar-refractivity contribution is 6.39. The van der Waals surface area contributed by atoms with Gasteiger partial charge >= 0.3 is 11.8 Å². The van der Waals surface area contributed by atoms with Crippen LogP contribution in [0.15, 0.2) is 18.2 Å². The van der Waals surface area contributed by atoms with Crippen LogP contribution < -0.4 is 16.0 Å². The van der Waals surface area contributed by atoms with E-state index in [1.54, 1.807) is 32.2 Å². The Bertz CT molecular complexity index is 672. The first-order valence-electron chi connectivity index (χ1n) is 8.78. The number of amides is 3. The lowest BCUT2D eigenvalue weighted by Crippen LogP contribution is -2.47. The van der Waals surface area contributed by atoms with E-state index in [9.17, 15) is 14.4 Å². The largest absolute Gasteiger partial charge is 0.355 e. The van der Waals surface area contributed by atoms with Crippen LogP contribution in [-0.2, 0) is 9.59 Å². The summed E-state index contributed by atoms with van der Waals surface area (Å²) in [6.45, 7) is 6.03. The van der Waals surface area contributed by atoms with Crippen molar-refractivity contribution < 1.29 is 14.4 Å². The molecule has 0 unspecified atom stereocenters. The zero-order chi connectivity index (χ0) is 18.6. The van der Waals surface area contributed by atoms with Crippen molar-refractivity contribution in [1.82, 2.24) is 10.6 Å². The number of hydrogen-bond donors (Lipinski definition) is 3. The van der Waals surface area contributed by atoms with E-state index in [1.807, 2.05) is 0 Å². The molecule has 0 radical (unpaired) electrons. The van der Waals surface area contributed by atoms with Crippen LogP contribution in [0.4, 0.5) is 5.69 Å². The quantitative estimate of drug-likeness (QED) is 0.734. The van der Waals surface area contributed by atoms with E-state index in [0.29, 0.717) is 28.7 Å². The van der Waals surface area contributed by atoms with Gasteiger partial charge in [-0.15, -0.1) is 0 Å². The number of carbonyl (C=O) groups excluding carboxylic acids is 3. The number of rotatable bonds is 3. The van der Waals surface area contributed by atoms with Crippen LogP contribution in [0.2, 0.25) is 0 Å². The highest BCUT2D eigenvalue weighted by Crippen LogP contribution is 2.29. The minimum atomic E-state index is -0.706. The Morgan fingerprint density at radius 1 is 1.08 bits per heavy atom. The van der Waals surface area contributed by atoms with Crippen molar-refractivity contribution in [2.24, 2.45) is 11.8 Å². The summed E-state index contributed by atoms with van der Waals surface area (Å²) < 4.78 is 0. The zero-order valence-corrected chi connectivity index (χ0v) is 15.3. The molecule has 2 rings (SSSR count). The number of benzene rings is 1. The summed E-state index contributed by atoms with van der Waals surface area (Å²) >= 11 is 0. The highest BCUT2D eigenvalue weighted by Gasteiger charge is 2.29. The molecule has 1 aromatic carbocycles. The molecule has 136 valence electrons. The zero-order valence-electron chi connectivity index (χ0n) is 15.3. The van der Waals surface area contributed by atoms with Crippen LogP contribution >= 0.6 is 0 Å². The van der Waals surface area contributed by atoms with Gasteiger partial charge in [0.15, 0.2) is 0 Å². The van der Waals surface area contributed by atoms with Crippen molar-refractivity contribution in [3.63, 3.8) is 0 Å². The molecule has 0 heterocycles. The third-order valence-corrected chi connectivity index (χ3v) is 5.28. The first-order valence-corrected chi connectivity index (χ1v) is 8.78. The Morgan fingerprint density at radius 3 is 2.48 bits per heavy atom. The molecule has 3 N–H and O–H groups in total. The molecular formula is C19H27N3O3. The normalized spacial score (nSPS) is 22.8. The van der Waals surface area contributed by atoms with Crippen molar-refractivity contribution >= 4 is 23.4 Å². The molecule has 1 saturated carbocycles. The molecule has 0 saturated heterocycles. The van der Waals surface area contributed by atoms with Gasteiger partial charge in [0, 0.05) is 24.3 Å². The molecule has 1 aliphatic rings. The van der Waals surface area contributed by atoms with Crippen molar-refractivity contribution in [1.29, 1.82) is 0 Å². The number of anilines is 1. The van der Waals surface area contributed by atoms with Crippen molar-refractivity contribution in [2.75, 3.05) is 12.4 Å². The molecule has 0 aliphatic heterocycles. The Hall–Kier alpha value is -2.37. The van der Waals surface area contributed by atoms with E-state index in [1.165, 1.54) is 0 Å². The van der Waals surface area contributed by atoms with Gasteiger partial charge in [0.05, 0.1) is 0 Å². The predicted molar refractivity (Wildman–Crippen MR) is 97.3 cm³/mol. The minimum Gasteiger partial charge on any atom is -0.355 e. The van der Waals surface area contributed by atoms with E-state index in [-0.39, 0.29) is 11.9 Å². The van der Waals surface area contributed by atoms with E-state index >= 15 is 0 Å². The van der Waals surface area contributed by atoms with Gasteiger partial charge in [-0.25, -0.2) is 0 Å². The Morgan fingerprint density at radius 2 is 1.80 bits per heavy atom. The lowest BCUT2D eigenvalue weighted by Gasteiger charge is -2.34. The number of nitrogens with one attached hydrogen (secondary N) is 3. The lowest BCUT2D eigenvalue weighted by atomic mass is 9.78. The topological polar surface area (TPSA) is 87.3 Å². The van der Waals surface area contributed by atoms with Gasteiger partial charge in [0.2, 0.25) is 0 Å². The third-order valence-electron chi connectivity index (χ3n) is 5.28. The molecule has 0 bridgehead atoms. The smallest absolute Gasteiger partial charge is 0.313 e. The van der Waals surface area contributed by atoms with Crippen LogP contribution in [0.1, 0.15) is 49.0 Å². The fraction of sp³-hybridized carbons (Fsp3) is 0.526. The lowest BCUT2D eigenvalue weighted by molar-refractivity contribution is -0.137. The van der Waals surface area contributed by atoms with Gasteiger partial charge in [-0.2, -0.15) is 0 Å². The minimum absolute atomic E-state index is 0.0281. The predicted octanol–water partition coefficient (Wildman–Crippen LogP) is 2.23. The average molecular weight is 345 g/mol. The van der Waals surface area contributed by atoms with Gasteiger partial charge in [-0.3, -0.25) is 14.4 Å². The van der Waals surface area contributed by atoms with Gasteiger partial charge in [-0.05, 0) is 42.9 Å². The van der Waals surface area contributed by atoms with Crippen LogP contribution in [0, 0.1) is 18.8 Å². The summed E-state index contributed by atoms with van der Waals surface area (Å²) in [6.07, 6.45) is 3.12. The van der Waals surface area contributed by atoms with Crippen LogP contribution in [0.3, 0.4) is 0 Å². The molecule has 3 amide bonds. The summed E-state index contributed by atoms with van der Waals surface area (Å²) in [7, 11) is 1.55. The van der Waals surface area contributed by atoms with Crippen molar-refractivity contribution in [3.05, 3.63) is 29.3 Å². The van der Waals surface area contributed by atoms with E-state index in [2.05, 4.69) is 29.8 Å². The van der Waals surface area contributed by atoms with Crippen LogP contribution in [-0.4, -0.2) is 30.8 Å². The first-order chi connectivity index (χ1) is 11.8. The van der Waals surface area contributed by atoms with Crippen molar-refractivity contribution in [2.45, 2.75) is 46.1 Å². The summed E-state index contributed by atoms with van der Waals surface area (Å²) in [6, 6.07) is 5.06. The standard InChI is InChI=1S/C19H27N3O3/c1-11-7-5-9-15(12(11)2)21-18(24)19(25)22-16-10-6-8-14(13(16)3)17(23)20-4/h6,8,10-12,15H,5,7,9H2,1-4H3,(H,20,23)(H,21,24)(H,22,25)/t11-,12+,15-/m1/s1. The molecule has 3 atom stereocenters. The second-order valence-corrected chi connectivity index (χ2v) is 6.86. The maximum Gasteiger partial charge on any atom is 0.313 e. The van der Waals surface area contributed by atoms with Gasteiger partial charge in [0.25, 0.3) is 5.91 Å². The Balaban J connectivity index is 2.04. The molecular weight excluding hydrogens is 318 g/mol. The summed E-state index contributed by atoms with van der Waals surface area (Å²) in [5.41, 5.74) is 1.56. The Kier molecular flexibility index (Phi) is 6.17. The summed E-state index contributed by atoms with van der Waals surface area (Å²) in [5, 5.41) is 8.03. The Labute approximate surface area is 148 Å². The summed E-state index contributed by atoms with van der Waals surface area (Å²) in [4.78, 5) is 36.3. The molecule has 25 heavy (non-hydrogen) atoms. The van der Waals surface area contributed by atoms with E-state index in [4.69, 9.17) is 0 Å². The van der Waals surface area contributed by atoms with Crippen LogP contribution in [0.25, 0.3) is 0 Å². The SMILES string of the molecule is CNC(=O)c1cccc(NC(=O)C(=O)N[C@@H]2CCC[C@@H](C)[C@@H]2C)c1C. The molecule has 1 aliphatic carbocycles. The second kappa shape index (κ2) is 8.14. The van der Waals surface area contributed by atoms with Crippen molar-refractivity contribution in [3.8, 4) is 0 Å². The fourth-order valence-electron chi connectivity index (χ4n) is 3.35. The molecule has 1 aromatic rings. The monoisotopic (exact) mass is 345 g/mol. The molecule has 6 nitrogen and oxygen atoms in total. The molecule has 0 spiro atoms. The molecule has 1 fully saturated rings. The average Bonchev–Trinajstić information content (AvgIpc) is 2.60. The second-order valence-electron chi connectivity index (χ2n) is 6.86. The molecule has 0 aromatic heterocycles. The highest BCUT2D eigenvalue weighted by atomic mass is 16.2. The maximum absolute atomic E-state index is 12.3. The van der Waals surface area contributed by atoms with Gasteiger partial charge in [-0.1, -0.05) is 32.8 Å². The van der Waals surface area contributed by atoms with E-state index < -0.39 is 11.8 Å². The number of carbonyl (C=O) groups is 3. The van der Waals surface area contributed by atoms with Crippen LogP contribution in [0.5, 0.6) is 0 Å².